The monoisotopic (exact) mass is 268 g/mol. The number of amides is 1. The minimum atomic E-state index is -0.613. The van der Waals surface area contributed by atoms with Crippen molar-refractivity contribution in [1.29, 1.82) is 0 Å². The fourth-order valence-corrected chi connectivity index (χ4v) is 3.52. The van der Waals surface area contributed by atoms with Gasteiger partial charge in [-0.25, -0.2) is 4.39 Å². The molecule has 1 saturated carbocycles. The predicted molar refractivity (Wildman–Crippen MR) is 72.1 cm³/mol. The van der Waals surface area contributed by atoms with Crippen molar-refractivity contribution in [3.8, 4) is 0 Å². The van der Waals surface area contributed by atoms with Crippen LogP contribution in [0.2, 0.25) is 0 Å². The molecule has 0 unspecified atom stereocenters. The van der Waals surface area contributed by atoms with Gasteiger partial charge in [-0.15, -0.1) is 11.8 Å². The maximum absolute atomic E-state index is 13.8. The largest absolute Gasteiger partial charge is 0.398 e. The molecule has 18 heavy (non-hydrogen) atoms. The molecule has 0 aromatic heterocycles. The summed E-state index contributed by atoms with van der Waals surface area (Å²) in [6, 6.07) is 2.66. The number of hydrogen-bond acceptors (Lipinski definition) is 3. The quantitative estimate of drug-likeness (QED) is 0.828. The first-order valence-corrected chi connectivity index (χ1v) is 7.01. The van der Waals surface area contributed by atoms with Crippen LogP contribution in [0.5, 0.6) is 0 Å². The van der Waals surface area contributed by atoms with Crippen molar-refractivity contribution in [2.24, 2.45) is 5.73 Å². The van der Waals surface area contributed by atoms with E-state index in [1.54, 1.807) is 0 Å². The first-order valence-electron chi connectivity index (χ1n) is 6.13. The van der Waals surface area contributed by atoms with Gasteiger partial charge in [-0.2, -0.15) is 0 Å². The lowest BCUT2D eigenvalue weighted by Gasteiger charge is -2.21. The number of hydrogen-bond donors (Lipinski definition) is 2. The van der Waals surface area contributed by atoms with Gasteiger partial charge in [0.25, 0.3) is 5.91 Å². The molecular weight excluding hydrogens is 251 g/mol. The van der Waals surface area contributed by atoms with Gasteiger partial charge in [0.2, 0.25) is 0 Å². The number of nitrogen functional groups attached to an aromatic ring is 1. The highest BCUT2D eigenvalue weighted by molar-refractivity contribution is 8.00. The summed E-state index contributed by atoms with van der Waals surface area (Å²) in [5.74, 6) is -0.980. The molecule has 0 saturated heterocycles. The van der Waals surface area contributed by atoms with Crippen molar-refractivity contribution in [2.45, 2.75) is 42.2 Å². The van der Waals surface area contributed by atoms with Gasteiger partial charge in [-0.1, -0.05) is 19.3 Å². The minimum Gasteiger partial charge on any atom is -0.398 e. The summed E-state index contributed by atoms with van der Waals surface area (Å²) in [6.45, 7) is 0. The molecule has 2 rings (SSSR count). The fourth-order valence-electron chi connectivity index (χ4n) is 2.24. The third-order valence-corrected chi connectivity index (χ3v) is 4.59. The number of halogens is 1. The summed E-state index contributed by atoms with van der Waals surface area (Å²) in [6.07, 6.45) is 5.84. The van der Waals surface area contributed by atoms with Crippen LogP contribution in [0.25, 0.3) is 0 Å². The average Bonchev–Trinajstić information content (AvgIpc) is 2.33. The Balaban J connectivity index is 2.21. The summed E-state index contributed by atoms with van der Waals surface area (Å²) in [5, 5.41) is 0.428. The SMILES string of the molecule is NC(=O)c1cc(SC2CCCCC2)c(F)cc1N. The van der Waals surface area contributed by atoms with E-state index in [1.807, 2.05) is 0 Å². The number of benzene rings is 1. The number of carbonyl (C=O) groups is 1. The second kappa shape index (κ2) is 5.61. The standard InChI is InChI=1S/C13H17FN2OS/c14-10-7-11(15)9(13(16)17)6-12(10)18-8-4-2-1-3-5-8/h6-8H,1-5,15H2,(H2,16,17). The second-order valence-electron chi connectivity index (χ2n) is 4.61. The zero-order valence-corrected chi connectivity index (χ0v) is 10.9. The Morgan fingerprint density at radius 2 is 1.94 bits per heavy atom. The lowest BCUT2D eigenvalue weighted by molar-refractivity contribution is 0.100. The third-order valence-electron chi connectivity index (χ3n) is 3.22. The van der Waals surface area contributed by atoms with E-state index in [-0.39, 0.29) is 17.1 Å². The molecule has 3 nitrogen and oxygen atoms in total. The van der Waals surface area contributed by atoms with Gasteiger partial charge in [0.1, 0.15) is 5.82 Å². The zero-order chi connectivity index (χ0) is 13.1. The molecule has 0 spiro atoms. The Hall–Kier alpha value is -1.23. The summed E-state index contributed by atoms with van der Waals surface area (Å²) in [7, 11) is 0. The van der Waals surface area contributed by atoms with Crippen LogP contribution in [0.3, 0.4) is 0 Å². The molecule has 0 atom stereocenters. The molecule has 0 bridgehead atoms. The van der Waals surface area contributed by atoms with Gasteiger partial charge >= 0.3 is 0 Å². The minimum absolute atomic E-state index is 0.105. The van der Waals surface area contributed by atoms with E-state index in [0.717, 1.165) is 12.8 Å². The molecule has 98 valence electrons. The molecule has 1 amide bonds. The molecule has 1 aliphatic carbocycles. The van der Waals surface area contributed by atoms with Gasteiger partial charge in [0, 0.05) is 15.8 Å². The van der Waals surface area contributed by atoms with Gasteiger partial charge in [0.05, 0.1) is 5.56 Å². The summed E-state index contributed by atoms with van der Waals surface area (Å²) < 4.78 is 13.8. The van der Waals surface area contributed by atoms with Crippen molar-refractivity contribution >= 4 is 23.4 Å². The Morgan fingerprint density at radius 3 is 2.56 bits per heavy atom. The molecule has 0 aliphatic heterocycles. The number of carbonyl (C=O) groups excluding carboxylic acids is 1. The third kappa shape index (κ3) is 2.96. The van der Waals surface area contributed by atoms with Crippen LogP contribution in [0.4, 0.5) is 10.1 Å². The van der Waals surface area contributed by atoms with E-state index in [4.69, 9.17) is 11.5 Å². The summed E-state index contributed by atoms with van der Waals surface area (Å²) in [5.41, 5.74) is 11.1. The molecule has 1 aromatic carbocycles. The normalized spacial score (nSPS) is 16.7. The summed E-state index contributed by atoms with van der Waals surface area (Å²) >= 11 is 1.49. The lowest BCUT2D eigenvalue weighted by Crippen LogP contribution is -2.14. The predicted octanol–water partition coefficient (Wildman–Crippen LogP) is 2.93. The topological polar surface area (TPSA) is 69.1 Å². The molecule has 1 aliphatic rings. The van der Waals surface area contributed by atoms with Crippen LogP contribution in [0, 0.1) is 5.82 Å². The van der Waals surface area contributed by atoms with Crippen LogP contribution in [-0.2, 0) is 0 Å². The van der Waals surface area contributed by atoms with Gasteiger partial charge in [-0.05, 0) is 25.0 Å². The molecule has 0 radical (unpaired) electrons. The van der Waals surface area contributed by atoms with Crippen molar-refractivity contribution in [3.05, 3.63) is 23.5 Å². The van der Waals surface area contributed by atoms with E-state index >= 15 is 0 Å². The highest BCUT2D eigenvalue weighted by Gasteiger charge is 2.18. The molecule has 4 N–H and O–H groups in total. The highest BCUT2D eigenvalue weighted by Crippen LogP contribution is 2.36. The first kappa shape index (κ1) is 13.2. The van der Waals surface area contributed by atoms with Gasteiger partial charge < -0.3 is 11.5 Å². The van der Waals surface area contributed by atoms with Crippen LogP contribution >= 0.6 is 11.8 Å². The molecule has 0 heterocycles. The van der Waals surface area contributed by atoms with E-state index in [0.29, 0.717) is 10.1 Å². The van der Waals surface area contributed by atoms with Gasteiger partial charge in [0.15, 0.2) is 0 Å². The maximum atomic E-state index is 13.8. The first-order chi connectivity index (χ1) is 8.58. The average molecular weight is 268 g/mol. The smallest absolute Gasteiger partial charge is 0.250 e. The fraction of sp³-hybridized carbons (Fsp3) is 0.462. The van der Waals surface area contributed by atoms with Crippen LogP contribution < -0.4 is 11.5 Å². The number of primary amides is 1. The zero-order valence-electron chi connectivity index (χ0n) is 10.1. The maximum Gasteiger partial charge on any atom is 0.250 e. The highest BCUT2D eigenvalue weighted by atomic mass is 32.2. The van der Waals surface area contributed by atoms with E-state index < -0.39 is 5.91 Å². The second-order valence-corrected chi connectivity index (χ2v) is 5.95. The Kier molecular flexibility index (Phi) is 4.11. The van der Waals surface area contributed by atoms with Crippen molar-refractivity contribution in [2.75, 3.05) is 5.73 Å². The molecular formula is C13H17FN2OS. The lowest BCUT2D eigenvalue weighted by atomic mass is 10.0. The van der Waals surface area contributed by atoms with Crippen LogP contribution in [0.1, 0.15) is 42.5 Å². The van der Waals surface area contributed by atoms with E-state index in [1.165, 1.54) is 43.2 Å². The van der Waals surface area contributed by atoms with Crippen molar-refractivity contribution < 1.29 is 9.18 Å². The van der Waals surface area contributed by atoms with Crippen LogP contribution in [0.15, 0.2) is 17.0 Å². The Morgan fingerprint density at radius 1 is 1.28 bits per heavy atom. The number of anilines is 1. The van der Waals surface area contributed by atoms with E-state index in [9.17, 15) is 9.18 Å². The summed E-state index contributed by atoms with van der Waals surface area (Å²) in [4.78, 5) is 11.7. The van der Waals surface area contributed by atoms with Crippen molar-refractivity contribution in [1.82, 2.24) is 0 Å². The number of rotatable bonds is 3. The Labute approximate surface area is 110 Å². The van der Waals surface area contributed by atoms with Crippen molar-refractivity contribution in [3.63, 3.8) is 0 Å². The molecule has 5 heteroatoms. The van der Waals surface area contributed by atoms with E-state index in [2.05, 4.69) is 0 Å². The Bertz CT molecular complexity index is 459. The molecule has 1 fully saturated rings. The van der Waals surface area contributed by atoms with Gasteiger partial charge in [-0.3, -0.25) is 4.79 Å². The number of thioether (sulfide) groups is 1. The molecule has 1 aromatic rings. The number of nitrogens with two attached hydrogens (primary N) is 2. The van der Waals surface area contributed by atoms with Crippen LogP contribution in [-0.4, -0.2) is 11.2 Å².